The van der Waals surface area contributed by atoms with Crippen molar-refractivity contribution in [3.05, 3.63) is 100 Å². The summed E-state index contributed by atoms with van der Waals surface area (Å²) in [4.78, 5) is 30.6. The molecule has 0 aliphatic carbocycles. The van der Waals surface area contributed by atoms with Crippen LogP contribution in [0.25, 0.3) is 5.57 Å². The lowest BCUT2D eigenvalue weighted by atomic mass is 9.98. The number of benzene rings is 3. The second-order valence-electron chi connectivity index (χ2n) is 7.40. The highest BCUT2D eigenvalue weighted by Crippen LogP contribution is 2.39. The third-order valence-corrected chi connectivity index (χ3v) is 6.06. The fraction of sp³-hybridized carbons (Fsp3) is 0.120. The van der Waals surface area contributed by atoms with Crippen LogP contribution in [0, 0.1) is 0 Å². The SMILES string of the molecule is O=C1C(c2ccccc2)=C(N2CCCc3ccccc32)C(=O)N1c1cccc(Br)c1. The summed E-state index contributed by atoms with van der Waals surface area (Å²) in [6.07, 6.45) is 1.90. The van der Waals surface area contributed by atoms with E-state index in [9.17, 15) is 9.59 Å². The molecule has 30 heavy (non-hydrogen) atoms. The molecule has 0 bridgehead atoms. The zero-order valence-corrected chi connectivity index (χ0v) is 17.8. The molecule has 4 nitrogen and oxygen atoms in total. The van der Waals surface area contributed by atoms with Crippen molar-refractivity contribution in [1.29, 1.82) is 0 Å². The van der Waals surface area contributed by atoms with Crippen LogP contribution in [0.15, 0.2) is 89.0 Å². The van der Waals surface area contributed by atoms with Gasteiger partial charge >= 0.3 is 0 Å². The van der Waals surface area contributed by atoms with Gasteiger partial charge in [0.15, 0.2) is 0 Å². The van der Waals surface area contributed by atoms with Gasteiger partial charge in [-0.3, -0.25) is 9.59 Å². The molecule has 0 saturated carbocycles. The van der Waals surface area contributed by atoms with Gasteiger partial charge in [-0.2, -0.15) is 0 Å². The van der Waals surface area contributed by atoms with Gasteiger partial charge in [-0.25, -0.2) is 4.90 Å². The van der Waals surface area contributed by atoms with E-state index in [4.69, 9.17) is 0 Å². The fourth-order valence-corrected chi connectivity index (χ4v) is 4.64. The van der Waals surface area contributed by atoms with Gasteiger partial charge in [0, 0.05) is 16.7 Å². The number of para-hydroxylation sites is 1. The summed E-state index contributed by atoms with van der Waals surface area (Å²) in [6.45, 7) is 0.702. The van der Waals surface area contributed by atoms with Gasteiger partial charge in [-0.15, -0.1) is 0 Å². The quantitative estimate of drug-likeness (QED) is 0.507. The lowest BCUT2D eigenvalue weighted by molar-refractivity contribution is -0.120. The third kappa shape index (κ3) is 3.06. The minimum Gasteiger partial charge on any atom is -0.336 e. The number of aryl methyl sites for hydroxylation is 1. The number of nitrogens with zero attached hydrogens (tertiary/aromatic N) is 2. The van der Waals surface area contributed by atoms with E-state index in [-0.39, 0.29) is 11.8 Å². The van der Waals surface area contributed by atoms with Gasteiger partial charge in [0.25, 0.3) is 11.8 Å². The fourth-order valence-electron chi connectivity index (χ4n) is 4.25. The number of hydrogen-bond acceptors (Lipinski definition) is 3. The Morgan fingerprint density at radius 1 is 0.800 bits per heavy atom. The summed E-state index contributed by atoms with van der Waals surface area (Å²) in [5.41, 5.74) is 4.43. The van der Waals surface area contributed by atoms with Crippen molar-refractivity contribution >= 4 is 44.7 Å². The Morgan fingerprint density at radius 3 is 2.37 bits per heavy atom. The van der Waals surface area contributed by atoms with E-state index in [2.05, 4.69) is 22.0 Å². The molecule has 5 rings (SSSR count). The van der Waals surface area contributed by atoms with Crippen molar-refractivity contribution in [2.24, 2.45) is 0 Å². The van der Waals surface area contributed by atoms with Crippen molar-refractivity contribution in [1.82, 2.24) is 0 Å². The zero-order chi connectivity index (χ0) is 20.7. The predicted octanol–water partition coefficient (Wildman–Crippen LogP) is 5.19. The molecule has 2 aliphatic rings. The molecule has 0 atom stereocenters. The summed E-state index contributed by atoms with van der Waals surface area (Å²) in [7, 11) is 0. The van der Waals surface area contributed by atoms with Gasteiger partial charge in [-0.1, -0.05) is 70.5 Å². The van der Waals surface area contributed by atoms with Crippen molar-refractivity contribution in [2.75, 3.05) is 16.3 Å². The predicted molar refractivity (Wildman–Crippen MR) is 122 cm³/mol. The van der Waals surface area contributed by atoms with Crippen LogP contribution < -0.4 is 9.80 Å². The number of anilines is 2. The molecule has 3 aromatic carbocycles. The molecule has 0 unspecified atom stereocenters. The Hall–Kier alpha value is -3.18. The second-order valence-corrected chi connectivity index (χ2v) is 8.31. The van der Waals surface area contributed by atoms with Crippen LogP contribution in [-0.4, -0.2) is 18.4 Å². The van der Waals surface area contributed by atoms with Crippen molar-refractivity contribution in [3.8, 4) is 0 Å². The standard InChI is InChI=1S/C25H19BrN2O2/c26-19-12-6-13-20(16-19)28-24(29)22(18-9-2-1-3-10-18)23(25(28)30)27-15-7-11-17-8-4-5-14-21(17)27/h1-6,8-10,12-14,16H,7,11,15H2. The maximum atomic E-state index is 13.7. The molecule has 0 saturated heterocycles. The lowest BCUT2D eigenvalue weighted by Crippen LogP contribution is -2.37. The number of carbonyl (C=O) groups is 2. The highest BCUT2D eigenvalue weighted by molar-refractivity contribution is 9.10. The number of rotatable bonds is 3. The molecule has 2 aliphatic heterocycles. The molecular formula is C25H19BrN2O2. The molecule has 0 spiro atoms. The third-order valence-electron chi connectivity index (χ3n) is 5.57. The van der Waals surface area contributed by atoms with Gasteiger partial charge in [0.1, 0.15) is 5.70 Å². The average molecular weight is 459 g/mol. The van der Waals surface area contributed by atoms with E-state index in [1.807, 2.05) is 65.6 Å². The summed E-state index contributed by atoms with van der Waals surface area (Å²) in [5.74, 6) is -0.573. The first-order valence-electron chi connectivity index (χ1n) is 9.94. The molecule has 3 aromatic rings. The number of carbonyl (C=O) groups excluding carboxylic acids is 2. The number of fused-ring (bicyclic) bond motifs is 1. The molecule has 148 valence electrons. The van der Waals surface area contributed by atoms with Crippen molar-refractivity contribution in [2.45, 2.75) is 12.8 Å². The molecule has 2 amide bonds. The Bertz CT molecular complexity index is 1190. The Kier molecular flexibility index (Phi) is 4.75. The first-order chi connectivity index (χ1) is 14.6. The smallest absolute Gasteiger partial charge is 0.282 e. The van der Waals surface area contributed by atoms with Crippen LogP contribution in [-0.2, 0) is 16.0 Å². The molecule has 0 fully saturated rings. The molecule has 0 radical (unpaired) electrons. The molecular weight excluding hydrogens is 440 g/mol. The van der Waals surface area contributed by atoms with Gasteiger partial charge in [0.2, 0.25) is 0 Å². The number of imide groups is 1. The summed E-state index contributed by atoms with van der Waals surface area (Å²) in [5, 5.41) is 0. The molecule has 2 heterocycles. The minimum absolute atomic E-state index is 0.284. The van der Waals surface area contributed by atoms with Crippen LogP contribution >= 0.6 is 15.9 Å². The molecule has 0 aromatic heterocycles. The van der Waals surface area contributed by atoms with Gasteiger partial charge < -0.3 is 4.90 Å². The van der Waals surface area contributed by atoms with Crippen LogP contribution in [0.1, 0.15) is 17.5 Å². The summed E-state index contributed by atoms with van der Waals surface area (Å²) in [6, 6.07) is 24.9. The van der Waals surface area contributed by atoms with E-state index in [1.165, 1.54) is 10.5 Å². The maximum Gasteiger partial charge on any atom is 0.282 e. The van der Waals surface area contributed by atoms with Crippen LogP contribution in [0.2, 0.25) is 0 Å². The molecule has 5 heteroatoms. The van der Waals surface area contributed by atoms with Crippen LogP contribution in [0.5, 0.6) is 0 Å². The Labute approximate surface area is 183 Å². The van der Waals surface area contributed by atoms with E-state index in [0.717, 1.165) is 28.6 Å². The number of hydrogen-bond donors (Lipinski definition) is 0. The normalized spacial score (nSPS) is 16.3. The number of amides is 2. The number of halogens is 1. The van der Waals surface area contributed by atoms with E-state index >= 15 is 0 Å². The van der Waals surface area contributed by atoms with E-state index in [1.54, 1.807) is 12.1 Å². The Balaban J connectivity index is 1.70. The minimum atomic E-state index is -0.289. The highest BCUT2D eigenvalue weighted by Gasteiger charge is 2.43. The van der Waals surface area contributed by atoms with Crippen molar-refractivity contribution in [3.63, 3.8) is 0 Å². The van der Waals surface area contributed by atoms with E-state index < -0.39 is 0 Å². The van der Waals surface area contributed by atoms with Gasteiger partial charge in [-0.05, 0) is 48.2 Å². The first kappa shape index (κ1) is 18.8. The highest BCUT2D eigenvalue weighted by atomic mass is 79.9. The molecule has 0 N–H and O–H groups in total. The second kappa shape index (κ2) is 7.58. The first-order valence-corrected chi connectivity index (χ1v) is 10.7. The average Bonchev–Trinajstić information content (AvgIpc) is 3.04. The lowest BCUT2D eigenvalue weighted by Gasteiger charge is -2.32. The van der Waals surface area contributed by atoms with Gasteiger partial charge in [0.05, 0.1) is 11.3 Å². The largest absolute Gasteiger partial charge is 0.336 e. The maximum absolute atomic E-state index is 13.7. The summed E-state index contributed by atoms with van der Waals surface area (Å²) >= 11 is 3.45. The Morgan fingerprint density at radius 2 is 1.57 bits per heavy atom. The van der Waals surface area contributed by atoms with Crippen LogP contribution in [0.4, 0.5) is 11.4 Å². The zero-order valence-electron chi connectivity index (χ0n) is 16.2. The monoisotopic (exact) mass is 458 g/mol. The topological polar surface area (TPSA) is 40.6 Å². The van der Waals surface area contributed by atoms with Crippen LogP contribution in [0.3, 0.4) is 0 Å². The van der Waals surface area contributed by atoms with E-state index in [0.29, 0.717) is 23.5 Å². The van der Waals surface area contributed by atoms with Crippen molar-refractivity contribution < 1.29 is 9.59 Å². The summed E-state index contributed by atoms with van der Waals surface area (Å²) < 4.78 is 0.818.